The summed E-state index contributed by atoms with van der Waals surface area (Å²) in [6, 6.07) is 17.4. The van der Waals surface area contributed by atoms with Crippen LogP contribution < -0.4 is 4.74 Å². The van der Waals surface area contributed by atoms with Gasteiger partial charge in [-0.25, -0.2) is 8.42 Å². The summed E-state index contributed by atoms with van der Waals surface area (Å²) in [4.78, 5) is 2.25. The minimum absolute atomic E-state index is 0.0752. The number of hydrogen-bond acceptors (Lipinski definition) is 4. The molecule has 0 spiro atoms. The Morgan fingerprint density at radius 1 is 0.962 bits per heavy atom. The fraction of sp³-hybridized carbons (Fsp3) is 0.400. The van der Waals surface area contributed by atoms with E-state index in [9.17, 15) is 8.42 Å². The number of ether oxygens (including phenoxy) is 1. The Bertz CT molecular complexity index is 801. The van der Waals surface area contributed by atoms with Gasteiger partial charge in [-0.15, -0.1) is 0 Å². The first-order chi connectivity index (χ1) is 12.5. The van der Waals surface area contributed by atoms with Crippen LogP contribution in [0, 0.1) is 6.92 Å². The van der Waals surface area contributed by atoms with Gasteiger partial charge in [-0.3, -0.25) is 4.90 Å². The van der Waals surface area contributed by atoms with Crippen molar-refractivity contribution in [3.63, 3.8) is 0 Å². The van der Waals surface area contributed by atoms with Crippen LogP contribution in [0.1, 0.15) is 11.1 Å². The van der Waals surface area contributed by atoms with Crippen molar-refractivity contribution in [3.8, 4) is 5.75 Å². The van der Waals surface area contributed by atoms with E-state index in [2.05, 4.69) is 4.90 Å². The summed E-state index contributed by atoms with van der Waals surface area (Å²) in [5, 5.41) is 0. The molecule has 2 aromatic rings. The molecule has 26 heavy (non-hydrogen) atoms. The van der Waals surface area contributed by atoms with E-state index in [0.717, 1.165) is 36.5 Å². The van der Waals surface area contributed by atoms with Gasteiger partial charge in [-0.1, -0.05) is 48.0 Å². The molecule has 1 saturated heterocycles. The predicted molar refractivity (Wildman–Crippen MR) is 104 cm³/mol. The van der Waals surface area contributed by atoms with Gasteiger partial charge >= 0.3 is 0 Å². The van der Waals surface area contributed by atoms with E-state index < -0.39 is 10.0 Å². The van der Waals surface area contributed by atoms with E-state index in [-0.39, 0.29) is 5.75 Å². The van der Waals surface area contributed by atoms with E-state index >= 15 is 0 Å². The minimum atomic E-state index is -3.26. The number of piperazine rings is 1. The Hall–Kier alpha value is -1.89. The number of nitrogens with zero attached hydrogens (tertiary/aromatic N) is 2. The molecule has 1 fully saturated rings. The highest BCUT2D eigenvalue weighted by Crippen LogP contribution is 2.15. The third-order valence-corrected chi connectivity index (χ3v) is 6.43. The maximum Gasteiger partial charge on any atom is 0.218 e. The average molecular weight is 375 g/mol. The quantitative estimate of drug-likeness (QED) is 0.747. The Morgan fingerprint density at radius 3 is 2.38 bits per heavy atom. The van der Waals surface area contributed by atoms with Crippen LogP contribution in [0.25, 0.3) is 0 Å². The van der Waals surface area contributed by atoms with Crippen molar-refractivity contribution in [2.45, 2.75) is 12.7 Å². The molecule has 0 N–H and O–H groups in total. The predicted octanol–water partition coefficient (Wildman–Crippen LogP) is 2.52. The second-order valence-corrected chi connectivity index (χ2v) is 8.62. The molecule has 6 heteroatoms. The Labute approximate surface area is 156 Å². The molecule has 0 unspecified atom stereocenters. The van der Waals surface area contributed by atoms with E-state index in [4.69, 9.17) is 4.74 Å². The van der Waals surface area contributed by atoms with Gasteiger partial charge in [0.2, 0.25) is 10.0 Å². The van der Waals surface area contributed by atoms with Crippen LogP contribution in [0.5, 0.6) is 5.75 Å². The largest absolute Gasteiger partial charge is 0.492 e. The molecule has 1 aliphatic rings. The second kappa shape index (κ2) is 8.66. The Kier molecular flexibility index (Phi) is 6.29. The summed E-state index contributed by atoms with van der Waals surface area (Å²) in [5.41, 5.74) is 1.93. The van der Waals surface area contributed by atoms with Gasteiger partial charge < -0.3 is 4.74 Å². The fourth-order valence-corrected chi connectivity index (χ4v) is 4.65. The monoisotopic (exact) mass is 374 g/mol. The molecule has 1 aliphatic heterocycles. The van der Waals surface area contributed by atoms with Crippen LogP contribution in [-0.4, -0.2) is 57.0 Å². The lowest BCUT2D eigenvalue weighted by molar-refractivity contribution is 0.159. The maximum atomic E-state index is 12.7. The van der Waals surface area contributed by atoms with Crippen LogP contribution in [0.2, 0.25) is 0 Å². The van der Waals surface area contributed by atoms with Crippen molar-refractivity contribution in [1.29, 1.82) is 0 Å². The molecule has 3 rings (SSSR count). The average Bonchev–Trinajstić information content (AvgIpc) is 2.63. The molecule has 0 aliphatic carbocycles. The van der Waals surface area contributed by atoms with Gasteiger partial charge in [0.1, 0.15) is 12.4 Å². The minimum Gasteiger partial charge on any atom is -0.492 e. The first-order valence-corrected chi connectivity index (χ1v) is 10.6. The van der Waals surface area contributed by atoms with Gasteiger partial charge in [0.15, 0.2) is 0 Å². The number of rotatable bonds is 7. The van der Waals surface area contributed by atoms with Crippen molar-refractivity contribution < 1.29 is 13.2 Å². The molecule has 5 nitrogen and oxygen atoms in total. The van der Waals surface area contributed by atoms with Gasteiger partial charge in [0.25, 0.3) is 0 Å². The number of sulfonamides is 1. The fourth-order valence-electron chi connectivity index (χ4n) is 3.14. The first kappa shape index (κ1) is 18.9. The van der Waals surface area contributed by atoms with Crippen molar-refractivity contribution in [1.82, 2.24) is 9.21 Å². The Morgan fingerprint density at radius 2 is 1.69 bits per heavy atom. The molecule has 0 atom stereocenters. The van der Waals surface area contributed by atoms with Crippen molar-refractivity contribution in [2.75, 3.05) is 39.3 Å². The number of aryl methyl sites for hydroxylation is 1. The molecular weight excluding hydrogens is 348 g/mol. The van der Waals surface area contributed by atoms with Crippen LogP contribution in [0.3, 0.4) is 0 Å². The summed E-state index contributed by atoms with van der Waals surface area (Å²) in [6.07, 6.45) is 0. The van der Waals surface area contributed by atoms with Gasteiger partial charge in [0, 0.05) is 32.7 Å². The maximum absolute atomic E-state index is 12.7. The third kappa shape index (κ3) is 5.30. The lowest BCUT2D eigenvalue weighted by Gasteiger charge is -2.33. The molecular formula is C20H26N2O3S. The van der Waals surface area contributed by atoms with Gasteiger partial charge in [-0.05, 0) is 24.6 Å². The lowest BCUT2D eigenvalue weighted by Crippen LogP contribution is -2.49. The highest BCUT2D eigenvalue weighted by Gasteiger charge is 2.26. The smallest absolute Gasteiger partial charge is 0.218 e. The van der Waals surface area contributed by atoms with Gasteiger partial charge in [0.05, 0.1) is 5.75 Å². The summed E-state index contributed by atoms with van der Waals surface area (Å²) in [6.45, 7) is 5.96. The number of benzene rings is 2. The Balaban J connectivity index is 1.45. The van der Waals surface area contributed by atoms with E-state index in [1.807, 2.05) is 61.5 Å². The summed E-state index contributed by atoms with van der Waals surface area (Å²) in [5.74, 6) is 0.943. The molecule has 140 valence electrons. The summed E-state index contributed by atoms with van der Waals surface area (Å²) >= 11 is 0. The zero-order valence-corrected chi connectivity index (χ0v) is 16.0. The van der Waals surface area contributed by atoms with Crippen LogP contribution >= 0.6 is 0 Å². The first-order valence-electron chi connectivity index (χ1n) is 8.96. The molecule has 2 aromatic carbocycles. The number of hydrogen-bond donors (Lipinski definition) is 0. The normalized spacial score (nSPS) is 16.5. The SMILES string of the molecule is Cc1cccc(CS(=O)(=O)N2CCN(CCOc3ccccc3)CC2)c1. The molecule has 0 saturated carbocycles. The van der Waals surface area contributed by atoms with Crippen LogP contribution in [-0.2, 0) is 15.8 Å². The zero-order chi connectivity index (χ0) is 18.4. The highest BCUT2D eigenvalue weighted by molar-refractivity contribution is 7.88. The van der Waals surface area contributed by atoms with Crippen molar-refractivity contribution in [2.24, 2.45) is 0 Å². The highest BCUT2D eigenvalue weighted by atomic mass is 32.2. The molecule has 0 radical (unpaired) electrons. The van der Waals surface area contributed by atoms with Crippen molar-refractivity contribution >= 4 is 10.0 Å². The van der Waals surface area contributed by atoms with Gasteiger partial charge in [-0.2, -0.15) is 4.31 Å². The zero-order valence-electron chi connectivity index (χ0n) is 15.2. The van der Waals surface area contributed by atoms with Crippen LogP contribution in [0.15, 0.2) is 54.6 Å². The number of para-hydroxylation sites is 1. The lowest BCUT2D eigenvalue weighted by atomic mass is 10.2. The topological polar surface area (TPSA) is 49.9 Å². The summed E-state index contributed by atoms with van der Waals surface area (Å²) in [7, 11) is -3.26. The van der Waals surface area contributed by atoms with E-state index in [1.165, 1.54) is 0 Å². The van der Waals surface area contributed by atoms with E-state index in [1.54, 1.807) is 4.31 Å². The van der Waals surface area contributed by atoms with E-state index in [0.29, 0.717) is 19.7 Å². The molecule has 0 bridgehead atoms. The molecule has 1 heterocycles. The van der Waals surface area contributed by atoms with Crippen molar-refractivity contribution in [3.05, 3.63) is 65.7 Å². The van der Waals surface area contributed by atoms with Crippen LogP contribution in [0.4, 0.5) is 0 Å². The molecule has 0 aromatic heterocycles. The third-order valence-electron chi connectivity index (χ3n) is 4.58. The molecule has 0 amide bonds. The standard InChI is InChI=1S/C20H26N2O3S/c1-18-6-5-7-19(16-18)17-26(23,24)22-12-10-21(11-13-22)14-15-25-20-8-3-2-4-9-20/h2-9,16H,10-15,17H2,1H3. The second-order valence-electron chi connectivity index (χ2n) is 6.65. The summed E-state index contributed by atoms with van der Waals surface area (Å²) < 4.78 is 32.6.